The van der Waals surface area contributed by atoms with Crippen LogP contribution in [0.3, 0.4) is 0 Å². The fourth-order valence-electron chi connectivity index (χ4n) is 4.57. The number of halogens is 2. The number of ether oxygens (including phenoxy) is 1. The molecule has 1 aliphatic rings. The molecule has 1 unspecified atom stereocenters. The highest BCUT2D eigenvalue weighted by Gasteiger charge is 2.49. The standard InChI is InChI=1S/C27H22Cl2N4O5S/c1-5-38-26(37)23-13(3)30-27(39-23)33-20(15-8-9-16(28)17(29)11-15)18(22(35)25(33)36)21(34)19-14(4)32-10-6-7-12(2)24(32)31-19/h6-11,20,34H,5H2,1-4H3/b21-18+. The molecule has 9 nitrogen and oxygen atoms in total. The summed E-state index contributed by atoms with van der Waals surface area (Å²) in [6.07, 6.45) is 1.80. The number of fused-ring (bicyclic) bond motifs is 1. The number of aliphatic hydroxyl groups excluding tert-OH is 1. The number of imidazole rings is 1. The normalized spacial score (nSPS) is 16.9. The zero-order valence-electron chi connectivity index (χ0n) is 21.3. The molecule has 0 spiro atoms. The third kappa shape index (κ3) is 4.38. The van der Waals surface area contributed by atoms with E-state index in [1.54, 1.807) is 37.4 Å². The molecule has 1 fully saturated rings. The zero-order chi connectivity index (χ0) is 28.2. The SMILES string of the molecule is CCOC(=O)c1sc(N2C(=O)C(=O)/C(=C(/O)c3nc4c(C)cccn4c3C)C2c2ccc(Cl)c(Cl)c2)nc1C. The van der Waals surface area contributed by atoms with Crippen LogP contribution in [0.1, 0.15) is 50.8 Å². The number of ketones is 1. The first-order chi connectivity index (χ1) is 18.5. The number of amides is 1. The van der Waals surface area contributed by atoms with Gasteiger partial charge in [-0.1, -0.05) is 46.7 Å². The van der Waals surface area contributed by atoms with Gasteiger partial charge in [0.1, 0.15) is 16.2 Å². The molecule has 1 amide bonds. The van der Waals surface area contributed by atoms with E-state index in [9.17, 15) is 19.5 Å². The van der Waals surface area contributed by atoms with Gasteiger partial charge in [-0.3, -0.25) is 14.5 Å². The maximum absolute atomic E-state index is 13.5. The van der Waals surface area contributed by atoms with Gasteiger partial charge in [-0.25, -0.2) is 14.8 Å². The Morgan fingerprint density at radius 3 is 2.54 bits per heavy atom. The minimum Gasteiger partial charge on any atom is -0.505 e. The summed E-state index contributed by atoms with van der Waals surface area (Å²) in [5.41, 5.74) is 2.78. The number of anilines is 1. The summed E-state index contributed by atoms with van der Waals surface area (Å²) in [7, 11) is 0. The number of Topliss-reactive ketones (excluding diaryl/α,β-unsaturated/α-hetero) is 1. The molecule has 5 rings (SSSR count). The van der Waals surface area contributed by atoms with E-state index in [-0.39, 0.29) is 37.9 Å². The molecule has 4 heterocycles. The Kier molecular flexibility index (Phi) is 6.96. The van der Waals surface area contributed by atoms with Crippen molar-refractivity contribution in [3.63, 3.8) is 0 Å². The number of aliphatic hydroxyl groups is 1. The molecule has 0 radical (unpaired) electrons. The number of hydrogen-bond acceptors (Lipinski definition) is 8. The highest BCUT2D eigenvalue weighted by Crippen LogP contribution is 2.45. The van der Waals surface area contributed by atoms with E-state index in [1.807, 2.05) is 19.1 Å². The summed E-state index contributed by atoms with van der Waals surface area (Å²) < 4.78 is 6.91. The highest BCUT2D eigenvalue weighted by atomic mass is 35.5. The lowest BCUT2D eigenvalue weighted by atomic mass is 9.96. The van der Waals surface area contributed by atoms with Crippen molar-refractivity contribution < 1.29 is 24.2 Å². The fraction of sp³-hybridized carbons (Fsp3) is 0.222. The van der Waals surface area contributed by atoms with Gasteiger partial charge in [0.2, 0.25) is 0 Å². The number of esters is 1. The van der Waals surface area contributed by atoms with Crippen molar-refractivity contribution in [2.45, 2.75) is 33.7 Å². The monoisotopic (exact) mass is 584 g/mol. The summed E-state index contributed by atoms with van der Waals surface area (Å²) in [5.74, 6) is -2.87. The van der Waals surface area contributed by atoms with Gasteiger partial charge >= 0.3 is 11.9 Å². The van der Waals surface area contributed by atoms with E-state index >= 15 is 0 Å². The largest absolute Gasteiger partial charge is 0.505 e. The van der Waals surface area contributed by atoms with Crippen LogP contribution in [0, 0.1) is 20.8 Å². The van der Waals surface area contributed by atoms with Crippen LogP contribution in [0.15, 0.2) is 42.1 Å². The molecule has 3 aromatic heterocycles. The van der Waals surface area contributed by atoms with Crippen molar-refractivity contribution in [2.24, 2.45) is 0 Å². The van der Waals surface area contributed by atoms with Gasteiger partial charge in [0.15, 0.2) is 10.9 Å². The Balaban J connectivity index is 1.75. The number of aromatic nitrogens is 3. The number of hydrogen-bond donors (Lipinski definition) is 1. The first kappa shape index (κ1) is 26.9. The summed E-state index contributed by atoms with van der Waals surface area (Å²) >= 11 is 13.4. The van der Waals surface area contributed by atoms with Crippen molar-refractivity contribution in [2.75, 3.05) is 11.5 Å². The predicted octanol–water partition coefficient (Wildman–Crippen LogP) is 5.83. The number of carbonyl (C=O) groups is 3. The van der Waals surface area contributed by atoms with E-state index in [1.165, 1.54) is 12.1 Å². The molecular formula is C27H22Cl2N4O5S. The third-order valence-corrected chi connectivity index (χ3v) is 8.34. The van der Waals surface area contributed by atoms with Crippen molar-refractivity contribution in [3.05, 3.63) is 85.2 Å². The van der Waals surface area contributed by atoms with Gasteiger partial charge in [0, 0.05) is 6.20 Å². The number of aryl methyl sites for hydroxylation is 3. The topological polar surface area (TPSA) is 114 Å². The Morgan fingerprint density at radius 2 is 1.87 bits per heavy atom. The van der Waals surface area contributed by atoms with E-state index < -0.39 is 29.5 Å². The van der Waals surface area contributed by atoms with Crippen LogP contribution in [-0.4, -0.2) is 43.7 Å². The molecule has 1 aliphatic heterocycles. The molecule has 39 heavy (non-hydrogen) atoms. The molecule has 0 aliphatic carbocycles. The fourth-order valence-corrected chi connectivity index (χ4v) is 5.87. The number of thiazole rings is 1. The summed E-state index contributed by atoms with van der Waals surface area (Å²) in [4.78, 5) is 49.9. The number of nitrogens with zero attached hydrogens (tertiary/aromatic N) is 4. The van der Waals surface area contributed by atoms with Crippen molar-refractivity contribution >= 4 is 68.7 Å². The number of carbonyl (C=O) groups excluding carboxylic acids is 3. The van der Waals surface area contributed by atoms with Crippen LogP contribution in [-0.2, 0) is 14.3 Å². The predicted molar refractivity (Wildman–Crippen MR) is 149 cm³/mol. The van der Waals surface area contributed by atoms with Crippen molar-refractivity contribution in [3.8, 4) is 0 Å². The molecule has 1 saturated heterocycles. The molecular weight excluding hydrogens is 563 g/mol. The summed E-state index contributed by atoms with van der Waals surface area (Å²) in [6, 6.07) is 7.28. The van der Waals surface area contributed by atoms with Crippen LogP contribution in [0.2, 0.25) is 10.0 Å². The third-order valence-electron chi connectivity index (χ3n) is 6.46. The van der Waals surface area contributed by atoms with Crippen LogP contribution >= 0.6 is 34.5 Å². The zero-order valence-corrected chi connectivity index (χ0v) is 23.6. The van der Waals surface area contributed by atoms with Crippen LogP contribution < -0.4 is 4.90 Å². The molecule has 1 aromatic carbocycles. The van der Waals surface area contributed by atoms with E-state index in [2.05, 4.69) is 9.97 Å². The van der Waals surface area contributed by atoms with Gasteiger partial charge in [0.05, 0.1) is 39.7 Å². The molecule has 0 saturated carbocycles. The average molecular weight is 585 g/mol. The average Bonchev–Trinajstić information content (AvgIpc) is 3.53. The summed E-state index contributed by atoms with van der Waals surface area (Å²) in [5, 5.41) is 12.1. The molecule has 1 atom stereocenters. The van der Waals surface area contributed by atoms with Gasteiger partial charge < -0.3 is 14.2 Å². The van der Waals surface area contributed by atoms with Gasteiger partial charge in [-0.05, 0) is 57.0 Å². The lowest BCUT2D eigenvalue weighted by Gasteiger charge is -2.23. The smallest absolute Gasteiger partial charge is 0.350 e. The van der Waals surface area contributed by atoms with Crippen LogP contribution in [0.25, 0.3) is 11.4 Å². The maximum atomic E-state index is 13.5. The second-order valence-electron chi connectivity index (χ2n) is 8.90. The second kappa shape index (κ2) is 10.1. The first-order valence-corrected chi connectivity index (χ1v) is 13.5. The molecule has 1 N–H and O–H groups in total. The first-order valence-electron chi connectivity index (χ1n) is 11.9. The Labute approximate surface area is 237 Å². The number of benzene rings is 1. The van der Waals surface area contributed by atoms with Crippen LogP contribution in [0.4, 0.5) is 5.13 Å². The number of rotatable bonds is 5. The minimum atomic E-state index is -1.12. The van der Waals surface area contributed by atoms with Gasteiger partial charge in [0.25, 0.3) is 5.78 Å². The molecule has 4 aromatic rings. The highest BCUT2D eigenvalue weighted by molar-refractivity contribution is 7.17. The van der Waals surface area contributed by atoms with Crippen molar-refractivity contribution in [1.82, 2.24) is 14.4 Å². The molecule has 0 bridgehead atoms. The van der Waals surface area contributed by atoms with Crippen LogP contribution in [0.5, 0.6) is 0 Å². The van der Waals surface area contributed by atoms with E-state index in [0.29, 0.717) is 22.6 Å². The molecule has 12 heteroatoms. The van der Waals surface area contributed by atoms with Gasteiger partial charge in [-0.15, -0.1) is 0 Å². The number of pyridine rings is 1. The second-order valence-corrected chi connectivity index (χ2v) is 10.7. The Bertz CT molecular complexity index is 1720. The van der Waals surface area contributed by atoms with Gasteiger partial charge in [-0.2, -0.15) is 0 Å². The minimum absolute atomic E-state index is 0.0929. The quantitative estimate of drug-likeness (QED) is 0.136. The van der Waals surface area contributed by atoms with Crippen molar-refractivity contribution in [1.29, 1.82) is 0 Å². The van der Waals surface area contributed by atoms with E-state index in [0.717, 1.165) is 21.8 Å². The lowest BCUT2D eigenvalue weighted by Crippen LogP contribution is -2.29. The molecule has 200 valence electrons. The van der Waals surface area contributed by atoms with E-state index in [4.69, 9.17) is 27.9 Å². The Hall–Kier alpha value is -3.73. The Morgan fingerprint density at radius 1 is 1.13 bits per heavy atom. The lowest BCUT2D eigenvalue weighted by molar-refractivity contribution is -0.132. The maximum Gasteiger partial charge on any atom is 0.350 e. The summed E-state index contributed by atoms with van der Waals surface area (Å²) in [6.45, 7) is 7.10.